The van der Waals surface area contributed by atoms with E-state index in [2.05, 4.69) is 63.1 Å². The van der Waals surface area contributed by atoms with Crippen molar-refractivity contribution in [3.05, 3.63) is 52.0 Å². The van der Waals surface area contributed by atoms with Crippen molar-refractivity contribution in [2.45, 2.75) is 77.2 Å². The number of amides is 2. The number of piperazine rings is 1. The normalized spacial score (nSPS) is 24.3. The Morgan fingerprint density at radius 3 is 2.63 bits per heavy atom. The number of fused-ring (bicyclic) bond motifs is 1. The number of halogens is 1. The Morgan fingerprint density at radius 2 is 1.86 bits per heavy atom. The Kier molecular flexibility index (Phi) is 9.38. The van der Waals surface area contributed by atoms with Gasteiger partial charge in [0.1, 0.15) is 11.3 Å². The average molecular weight is 652 g/mol. The van der Waals surface area contributed by atoms with Gasteiger partial charge in [0.25, 0.3) is 6.01 Å². The molecule has 43 heavy (non-hydrogen) atoms. The van der Waals surface area contributed by atoms with Crippen LogP contribution in [0, 0.1) is 18.8 Å². The minimum absolute atomic E-state index is 0.200. The SMILES string of the molecule is Cc1c(Br)cccc1OC1CCC(CC[C@@H](C)CN2CCN(c3nc4ccc(C5CCC(=O)NC5=O)cc4o3)CC2)CC1. The molecule has 2 amide bonds. The maximum absolute atomic E-state index is 12.3. The monoisotopic (exact) mass is 650 g/mol. The predicted octanol–water partition coefficient (Wildman–Crippen LogP) is 6.60. The van der Waals surface area contributed by atoms with Gasteiger partial charge in [-0.2, -0.15) is 4.98 Å². The number of carbonyl (C=O) groups is 2. The number of carbonyl (C=O) groups excluding carboxylic acids is 2. The number of benzene rings is 2. The van der Waals surface area contributed by atoms with Gasteiger partial charge in [0, 0.05) is 49.2 Å². The number of ether oxygens (including phenoxy) is 1. The van der Waals surface area contributed by atoms with E-state index in [0.717, 1.165) is 72.8 Å². The van der Waals surface area contributed by atoms with Crippen LogP contribution in [0.15, 0.2) is 45.3 Å². The molecule has 3 fully saturated rings. The van der Waals surface area contributed by atoms with E-state index in [1.54, 1.807) is 0 Å². The summed E-state index contributed by atoms with van der Waals surface area (Å²) in [5.41, 5.74) is 3.55. The number of imide groups is 1. The van der Waals surface area contributed by atoms with E-state index in [-0.39, 0.29) is 17.7 Å². The molecule has 0 spiro atoms. The van der Waals surface area contributed by atoms with Crippen molar-refractivity contribution in [1.82, 2.24) is 15.2 Å². The van der Waals surface area contributed by atoms with Crippen molar-refractivity contribution in [2.75, 3.05) is 37.6 Å². The van der Waals surface area contributed by atoms with Crippen molar-refractivity contribution in [2.24, 2.45) is 11.8 Å². The number of rotatable bonds is 9. The van der Waals surface area contributed by atoms with Gasteiger partial charge in [-0.15, -0.1) is 0 Å². The molecule has 3 aliphatic rings. The molecule has 9 heteroatoms. The zero-order chi connectivity index (χ0) is 29.9. The van der Waals surface area contributed by atoms with Crippen LogP contribution in [0.3, 0.4) is 0 Å². The molecule has 2 atom stereocenters. The number of piperidine rings is 1. The standard InChI is InChI=1S/C34H43BrN4O4/c1-22(6-7-24-8-11-26(12-9-24)42-30-5-3-4-28(35)23(30)2)21-38-16-18-39(19-17-38)34-36-29-14-10-25(20-31(29)43-34)27-13-15-32(40)37-33(27)41/h3-5,10,14,20,22,24,26-27H,6-9,11-13,15-19,21H2,1-2H3,(H,37,40,41)/t22-,24?,26?,27?/m1/s1. The lowest BCUT2D eigenvalue weighted by Gasteiger charge is -2.35. The van der Waals surface area contributed by atoms with E-state index >= 15 is 0 Å². The summed E-state index contributed by atoms with van der Waals surface area (Å²) < 4.78 is 13.6. The third-order valence-electron chi connectivity index (χ3n) is 9.63. The second-order valence-electron chi connectivity index (χ2n) is 12.8. The molecule has 3 heterocycles. The number of hydrogen-bond donors (Lipinski definition) is 1. The highest BCUT2D eigenvalue weighted by molar-refractivity contribution is 9.10. The van der Waals surface area contributed by atoms with Crippen LogP contribution in [0.5, 0.6) is 5.75 Å². The summed E-state index contributed by atoms with van der Waals surface area (Å²) in [5, 5.41) is 2.44. The summed E-state index contributed by atoms with van der Waals surface area (Å²) in [5.74, 6) is 1.76. The van der Waals surface area contributed by atoms with E-state index < -0.39 is 0 Å². The Balaban J connectivity index is 0.922. The van der Waals surface area contributed by atoms with Crippen LogP contribution in [-0.2, 0) is 9.59 Å². The summed E-state index contributed by atoms with van der Waals surface area (Å²) in [7, 11) is 0. The lowest BCUT2D eigenvalue weighted by molar-refractivity contribution is -0.134. The van der Waals surface area contributed by atoms with Crippen molar-refractivity contribution < 1.29 is 18.7 Å². The van der Waals surface area contributed by atoms with Crippen LogP contribution in [0.2, 0.25) is 0 Å². The zero-order valence-electron chi connectivity index (χ0n) is 25.3. The molecule has 2 saturated heterocycles. The Morgan fingerprint density at radius 1 is 1.07 bits per heavy atom. The minimum atomic E-state index is -0.322. The lowest BCUT2D eigenvalue weighted by Crippen LogP contribution is -2.47. The second kappa shape index (κ2) is 13.4. The second-order valence-corrected chi connectivity index (χ2v) is 13.7. The van der Waals surface area contributed by atoms with Crippen molar-refractivity contribution >= 4 is 44.9 Å². The fourth-order valence-corrected chi connectivity index (χ4v) is 7.25. The zero-order valence-corrected chi connectivity index (χ0v) is 26.9. The molecule has 2 aromatic carbocycles. The molecule has 1 aliphatic carbocycles. The van der Waals surface area contributed by atoms with Gasteiger partial charge in [-0.05, 0) is 87.1 Å². The molecule has 2 aliphatic heterocycles. The van der Waals surface area contributed by atoms with Gasteiger partial charge in [0.05, 0.1) is 12.0 Å². The first-order chi connectivity index (χ1) is 20.8. The molecular weight excluding hydrogens is 608 g/mol. The third kappa shape index (κ3) is 7.26. The topological polar surface area (TPSA) is 87.9 Å². The van der Waals surface area contributed by atoms with Crippen LogP contribution in [0.1, 0.15) is 75.3 Å². The largest absolute Gasteiger partial charge is 0.490 e. The van der Waals surface area contributed by atoms with E-state index in [9.17, 15) is 9.59 Å². The molecule has 0 bridgehead atoms. The van der Waals surface area contributed by atoms with Gasteiger partial charge >= 0.3 is 0 Å². The number of hydrogen-bond acceptors (Lipinski definition) is 7. The van der Waals surface area contributed by atoms with E-state index in [0.29, 0.717) is 36.5 Å². The summed E-state index contributed by atoms with van der Waals surface area (Å²) >= 11 is 3.62. The number of oxazole rings is 1. The van der Waals surface area contributed by atoms with Crippen LogP contribution in [0.25, 0.3) is 11.1 Å². The molecule has 6 rings (SSSR count). The highest BCUT2D eigenvalue weighted by atomic mass is 79.9. The molecule has 1 aromatic heterocycles. The van der Waals surface area contributed by atoms with Crippen LogP contribution in [-0.4, -0.2) is 60.5 Å². The van der Waals surface area contributed by atoms with Crippen molar-refractivity contribution in [3.8, 4) is 5.75 Å². The van der Waals surface area contributed by atoms with Gasteiger partial charge in [-0.1, -0.05) is 41.4 Å². The van der Waals surface area contributed by atoms with E-state index in [1.807, 2.05) is 18.2 Å². The Labute approximate surface area is 262 Å². The Hall–Kier alpha value is -2.91. The van der Waals surface area contributed by atoms with Gasteiger partial charge in [-0.3, -0.25) is 19.8 Å². The lowest BCUT2D eigenvalue weighted by atomic mass is 9.83. The predicted molar refractivity (Wildman–Crippen MR) is 171 cm³/mol. The number of anilines is 1. The molecule has 1 saturated carbocycles. The first-order valence-electron chi connectivity index (χ1n) is 16.0. The fraction of sp³-hybridized carbons (Fsp3) is 0.559. The molecule has 1 unspecified atom stereocenters. The van der Waals surface area contributed by atoms with Gasteiger partial charge in [-0.25, -0.2) is 0 Å². The van der Waals surface area contributed by atoms with Gasteiger partial charge in [0.15, 0.2) is 5.58 Å². The van der Waals surface area contributed by atoms with Gasteiger partial charge in [0.2, 0.25) is 11.8 Å². The molecule has 0 radical (unpaired) electrons. The number of nitrogens with one attached hydrogen (secondary N) is 1. The smallest absolute Gasteiger partial charge is 0.298 e. The summed E-state index contributed by atoms with van der Waals surface area (Å²) in [4.78, 5) is 33.4. The quantitative estimate of drug-likeness (QED) is 0.261. The minimum Gasteiger partial charge on any atom is -0.490 e. The molecule has 1 N–H and O–H groups in total. The molecule has 3 aromatic rings. The maximum atomic E-state index is 12.3. The maximum Gasteiger partial charge on any atom is 0.298 e. The van der Waals surface area contributed by atoms with Gasteiger partial charge < -0.3 is 14.1 Å². The van der Waals surface area contributed by atoms with E-state index in [1.165, 1.54) is 31.2 Å². The summed E-state index contributed by atoms with van der Waals surface area (Å²) in [6.07, 6.45) is 8.66. The van der Waals surface area contributed by atoms with Crippen LogP contribution < -0.4 is 15.0 Å². The first-order valence-corrected chi connectivity index (χ1v) is 16.7. The highest BCUT2D eigenvalue weighted by Crippen LogP contribution is 2.34. The molecular formula is C34H43BrN4O4. The van der Waals surface area contributed by atoms with E-state index in [4.69, 9.17) is 14.1 Å². The van der Waals surface area contributed by atoms with Crippen molar-refractivity contribution in [1.29, 1.82) is 0 Å². The Bertz CT molecular complexity index is 1440. The van der Waals surface area contributed by atoms with Crippen molar-refractivity contribution in [3.63, 3.8) is 0 Å². The molecule has 8 nitrogen and oxygen atoms in total. The van der Waals surface area contributed by atoms with Crippen LogP contribution in [0.4, 0.5) is 6.01 Å². The number of nitrogens with zero attached hydrogens (tertiary/aromatic N) is 3. The number of aromatic nitrogens is 1. The first kappa shape index (κ1) is 30.1. The summed E-state index contributed by atoms with van der Waals surface area (Å²) in [6.45, 7) is 9.44. The molecule has 230 valence electrons. The fourth-order valence-electron chi connectivity index (χ4n) is 6.90. The third-order valence-corrected chi connectivity index (χ3v) is 10.5. The van der Waals surface area contributed by atoms with Crippen LogP contribution >= 0.6 is 15.9 Å². The highest BCUT2D eigenvalue weighted by Gasteiger charge is 2.29. The summed E-state index contributed by atoms with van der Waals surface area (Å²) in [6, 6.07) is 12.6. The average Bonchev–Trinajstić information content (AvgIpc) is 3.43.